The molecule has 164 valence electrons. The van der Waals surface area contributed by atoms with E-state index in [2.05, 4.69) is 15.3 Å². The van der Waals surface area contributed by atoms with Crippen LogP contribution in [0.1, 0.15) is 17.5 Å². The number of ether oxygens (including phenoxy) is 3. The monoisotopic (exact) mass is 433 g/mol. The number of rotatable bonds is 7. The number of aromatic nitrogens is 2. The summed E-state index contributed by atoms with van der Waals surface area (Å²) < 4.78 is 57.3. The lowest BCUT2D eigenvalue weighted by Gasteiger charge is -2.30. The summed E-state index contributed by atoms with van der Waals surface area (Å²) >= 11 is 0. The molecule has 6 nitrogen and oxygen atoms in total. The molecule has 1 saturated heterocycles. The van der Waals surface area contributed by atoms with E-state index in [4.69, 9.17) is 14.2 Å². The Morgan fingerprint density at radius 3 is 2.61 bits per heavy atom. The first kappa shape index (κ1) is 21.5. The lowest BCUT2D eigenvalue weighted by molar-refractivity contribution is -0.192. The smallest absolute Gasteiger partial charge is 0.213 e. The molecule has 0 atom stereocenters. The van der Waals surface area contributed by atoms with Gasteiger partial charge < -0.3 is 19.5 Å². The van der Waals surface area contributed by atoms with E-state index in [1.54, 1.807) is 12.1 Å². The average molecular weight is 433 g/mol. The van der Waals surface area contributed by atoms with E-state index in [0.29, 0.717) is 60.6 Å². The number of fused-ring (bicyclic) bond motifs is 1. The minimum atomic E-state index is -0.876. The van der Waals surface area contributed by atoms with E-state index in [9.17, 15) is 13.2 Å². The van der Waals surface area contributed by atoms with Crippen LogP contribution in [0.2, 0.25) is 0 Å². The van der Waals surface area contributed by atoms with Crippen molar-refractivity contribution in [1.82, 2.24) is 15.3 Å². The summed E-state index contributed by atoms with van der Waals surface area (Å²) in [4.78, 5) is 8.40. The first-order valence-corrected chi connectivity index (χ1v) is 9.92. The molecule has 0 aliphatic carbocycles. The molecule has 1 aliphatic heterocycles. The van der Waals surface area contributed by atoms with Crippen LogP contribution in [-0.2, 0) is 22.4 Å². The van der Waals surface area contributed by atoms with Crippen molar-refractivity contribution in [1.29, 1.82) is 0 Å². The molecule has 0 unspecified atom stereocenters. The molecular weight excluding hydrogens is 411 g/mol. The Labute approximate surface area is 177 Å². The van der Waals surface area contributed by atoms with Crippen LogP contribution in [-0.4, -0.2) is 42.6 Å². The summed E-state index contributed by atoms with van der Waals surface area (Å²) in [5, 5.41) is 3.19. The van der Waals surface area contributed by atoms with Gasteiger partial charge in [0, 0.05) is 24.6 Å². The van der Waals surface area contributed by atoms with Crippen molar-refractivity contribution in [2.75, 3.05) is 20.3 Å². The maximum absolute atomic E-state index is 14.4. The van der Waals surface area contributed by atoms with Crippen LogP contribution in [0.5, 0.6) is 5.88 Å². The normalized spacial score (nSPS) is 19.0. The molecule has 1 N–H and O–H groups in total. The molecule has 3 aromatic rings. The van der Waals surface area contributed by atoms with Gasteiger partial charge >= 0.3 is 0 Å². The van der Waals surface area contributed by atoms with Crippen molar-refractivity contribution >= 4 is 11.0 Å². The highest BCUT2D eigenvalue weighted by Crippen LogP contribution is 2.23. The quantitative estimate of drug-likeness (QED) is 0.615. The van der Waals surface area contributed by atoms with Crippen LogP contribution in [0.4, 0.5) is 13.2 Å². The van der Waals surface area contributed by atoms with Crippen molar-refractivity contribution in [3.05, 3.63) is 65.1 Å². The van der Waals surface area contributed by atoms with E-state index < -0.39 is 23.7 Å². The van der Waals surface area contributed by atoms with Gasteiger partial charge in [0.15, 0.2) is 17.9 Å². The fourth-order valence-corrected chi connectivity index (χ4v) is 3.43. The SMILES string of the molecule is COc1ccc2ncc(F)c(CCC3OCC(NCc4ccc(F)c(F)c4)CO3)c2n1. The second-order valence-corrected chi connectivity index (χ2v) is 7.27. The van der Waals surface area contributed by atoms with E-state index in [1.807, 2.05) is 0 Å². The third kappa shape index (κ3) is 5.12. The van der Waals surface area contributed by atoms with Crippen LogP contribution in [0.15, 0.2) is 36.5 Å². The molecule has 1 aliphatic rings. The van der Waals surface area contributed by atoms with E-state index in [0.717, 1.165) is 12.1 Å². The van der Waals surface area contributed by atoms with Crippen molar-refractivity contribution in [2.24, 2.45) is 0 Å². The summed E-state index contributed by atoms with van der Waals surface area (Å²) in [6, 6.07) is 7.11. The second kappa shape index (κ2) is 9.59. The molecule has 2 aromatic heterocycles. The molecular formula is C22H22F3N3O3. The van der Waals surface area contributed by atoms with Gasteiger partial charge in [-0.1, -0.05) is 6.07 Å². The second-order valence-electron chi connectivity index (χ2n) is 7.27. The number of methoxy groups -OCH3 is 1. The van der Waals surface area contributed by atoms with Gasteiger partial charge in [-0.2, -0.15) is 0 Å². The summed E-state index contributed by atoms with van der Waals surface area (Å²) in [6.07, 6.45) is 1.52. The number of pyridine rings is 2. The molecule has 0 amide bonds. The van der Waals surface area contributed by atoms with Gasteiger partial charge in [-0.15, -0.1) is 0 Å². The summed E-state index contributed by atoms with van der Waals surface area (Å²) in [5.41, 5.74) is 2.11. The zero-order chi connectivity index (χ0) is 21.8. The maximum atomic E-state index is 14.4. The van der Waals surface area contributed by atoms with Gasteiger partial charge in [0.05, 0.1) is 43.6 Å². The molecule has 1 fully saturated rings. The first-order chi connectivity index (χ1) is 15.0. The summed E-state index contributed by atoms with van der Waals surface area (Å²) in [5.74, 6) is -1.79. The molecule has 4 rings (SSSR count). The van der Waals surface area contributed by atoms with Crippen molar-refractivity contribution in [2.45, 2.75) is 31.7 Å². The molecule has 1 aromatic carbocycles. The lowest BCUT2D eigenvalue weighted by atomic mass is 10.1. The number of nitrogens with one attached hydrogen (secondary N) is 1. The first-order valence-electron chi connectivity index (χ1n) is 9.92. The zero-order valence-electron chi connectivity index (χ0n) is 16.9. The lowest BCUT2D eigenvalue weighted by Crippen LogP contribution is -2.44. The minimum Gasteiger partial charge on any atom is -0.481 e. The van der Waals surface area contributed by atoms with E-state index in [1.165, 1.54) is 19.4 Å². The van der Waals surface area contributed by atoms with Crippen molar-refractivity contribution in [3.63, 3.8) is 0 Å². The third-order valence-electron chi connectivity index (χ3n) is 5.12. The number of hydrogen-bond acceptors (Lipinski definition) is 6. The Morgan fingerprint density at radius 2 is 1.87 bits per heavy atom. The Hall–Kier alpha value is -2.75. The highest BCUT2D eigenvalue weighted by atomic mass is 19.2. The Kier molecular flexibility index (Phi) is 6.64. The highest BCUT2D eigenvalue weighted by Gasteiger charge is 2.23. The number of aryl methyl sites for hydroxylation is 1. The Balaban J connectivity index is 1.30. The average Bonchev–Trinajstić information content (AvgIpc) is 2.79. The fourth-order valence-electron chi connectivity index (χ4n) is 3.43. The van der Waals surface area contributed by atoms with Gasteiger partial charge in [0.1, 0.15) is 5.82 Å². The predicted octanol–water partition coefficient (Wildman–Crippen LogP) is 3.52. The van der Waals surface area contributed by atoms with E-state index >= 15 is 0 Å². The van der Waals surface area contributed by atoms with Crippen molar-refractivity contribution in [3.8, 4) is 5.88 Å². The molecule has 31 heavy (non-hydrogen) atoms. The van der Waals surface area contributed by atoms with Gasteiger partial charge in [0.25, 0.3) is 0 Å². The van der Waals surface area contributed by atoms with E-state index in [-0.39, 0.29) is 6.04 Å². The van der Waals surface area contributed by atoms with Gasteiger partial charge in [-0.05, 0) is 30.2 Å². The number of halogens is 3. The number of nitrogens with zero attached hydrogens (tertiary/aromatic N) is 2. The molecule has 0 radical (unpaired) electrons. The van der Waals surface area contributed by atoms with Crippen molar-refractivity contribution < 1.29 is 27.4 Å². The third-order valence-corrected chi connectivity index (χ3v) is 5.12. The van der Waals surface area contributed by atoms with Crippen LogP contribution in [0.25, 0.3) is 11.0 Å². The van der Waals surface area contributed by atoms with Crippen LogP contribution in [0, 0.1) is 17.5 Å². The zero-order valence-corrected chi connectivity index (χ0v) is 16.9. The molecule has 0 spiro atoms. The number of benzene rings is 1. The molecule has 0 bridgehead atoms. The van der Waals surface area contributed by atoms with Crippen LogP contribution < -0.4 is 10.1 Å². The maximum Gasteiger partial charge on any atom is 0.213 e. The summed E-state index contributed by atoms with van der Waals surface area (Å²) in [7, 11) is 1.50. The van der Waals surface area contributed by atoms with Gasteiger partial charge in [0.2, 0.25) is 5.88 Å². The Bertz CT molecular complexity index is 1060. The highest BCUT2D eigenvalue weighted by molar-refractivity contribution is 5.78. The minimum absolute atomic E-state index is 0.0891. The number of hydrogen-bond donors (Lipinski definition) is 1. The molecule has 9 heteroatoms. The topological polar surface area (TPSA) is 65.5 Å². The molecule has 3 heterocycles. The Morgan fingerprint density at radius 1 is 1.06 bits per heavy atom. The standard InChI is InChI=1S/C22H22F3N3O3/c1-29-20-6-5-19-22(28-20)15(18(25)10-27-19)3-7-21-30-11-14(12-31-21)26-9-13-2-4-16(23)17(24)8-13/h2,4-6,8,10,14,21,26H,3,7,9,11-12H2,1H3. The van der Waals surface area contributed by atoms with Gasteiger partial charge in [-0.25, -0.2) is 18.2 Å². The fraction of sp³-hybridized carbons (Fsp3) is 0.364. The summed E-state index contributed by atoms with van der Waals surface area (Å²) in [6.45, 7) is 1.14. The largest absolute Gasteiger partial charge is 0.481 e. The van der Waals surface area contributed by atoms with Crippen LogP contribution in [0.3, 0.4) is 0 Å². The molecule has 0 saturated carbocycles. The van der Waals surface area contributed by atoms with Crippen LogP contribution >= 0.6 is 0 Å². The predicted molar refractivity (Wildman–Crippen MR) is 107 cm³/mol. The van der Waals surface area contributed by atoms with Gasteiger partial charge in [-0.3, -0.25) is 4.98 Å².